The normalized spacial score (nSPS) is 9.62. The lowest BCUT2D eigenvalue weighted by Crippen LogP contribution is -2.07. The van der Waals surface area contributed by atoms with Crippen LogP contribution in [-0.4, -0.2) is 57.7 Å². The van der Waals surface area contributed by atoms with Crippen molar-refractivity contribution in [2.24, 2.45) is 5.84 Å². The van der Waals surface area contributed by atoms with Crippen molar-refractivity contribution in [2.45, 2.75) is 21.3 Å². The summed E-state index contributed by atoms with van der Waals surface area (Å²) in [6.07, 6.45) is -0.191. The number of carbonyl (C=O) groups is 2. The molecule has 0 atom stereocenters. The van der Waals surface area contributed by atoms with Crippen LogP contribution in [0.15, 0.2) is 137 Å². The zero-order valence-corrected chi connectivity index (χ0v) is 43.9. The number of nitrogens with two attached hydrogens (primary N) is 1. The number of halogens is 7. The van der Waals surface area contributed by atoms with Crippen LogP contribution in [0.1, 0.15) is 30.9 Å². The fourth-order valence-corrected chi connectivity index (χ4v) is 9.80. The van der Waals surface area contributed by atoms with Crippen LogP contribution in [0.3, 0.4) is 0 Å². The van der Waals surface area contributed by atoms with E-state index in [4.69, 9.17) is 50.5 Å². The quantitative estimate of drug-likeness (QED) is 0.0362. The van der Waals surface area contributed by atoms with Gasteiger partial charge in [-0.15, -0.1) is 51.5 Å². The molecular weight excluding hydrogens is 1190 g/mol. The highest BCUT2D eigenvalue weighted by Gasteiger charge is 2.17. The largest absolute Gasteiger partial charge is 0.480 e. The number of carbonyl (C=O) groups excluding carboxylic acids is 2. The molecule has 5 N–H and O–H groups in total. The second-order valence-electron chi connectivity index (χ2n) is 11.8. The monoisotopic (exact) mass is 1230 g/mol. The number of Topliss-reactive ketones (excluding diaryl/α,β-unsaturated/α-hetero) is 1. The zero-order valence-electron chi connectivity index (χ0n) is 33.6. The van der Waals surface area contributed by atoms with Gasteiger partial charge in [0.15, 0.2) is 5.78 Å². The number of para-hydroxylation sites is 3. The lowest BCUT2D eigenvalue weighted by Gasteiger charge is -2.08. The summed E-state index contributed by atoms with van der Waals surface area (Å²) in [7, 11) is 3.87. The summed E-state index contributed by atoms with van der Waals surface area (Å²) in [5, 5.41) is 16.1. The van der Waals surface area contributed by atoms with E-state index in [2.05, 4.69) is 68.1 Å². The molecule has 8 rings (SSSR count). The van der Waals surface area contributed by atoms with Crippen LogP contribution in [0, 0.1) is 0 Å². The van der Waals surface area contributed by atoms with Crippen LogP contribution in [0.25, 0.3) is 32.5 Å². The average molecular weight is 1230 g/mol. The molecule has 0 bridgehead atoms. The van der Waals surface area contributed by atoms with Gasteiger partial charge in [0, 0.05) is 19.2 Å². The summed E-state index contributed by atoms with van der Waals surface area (Å²) in [6.45, 7) is 0. The van der Waals surface area contributed by atoms with Crippen molar-refractivity contribution >= 4 is 146 Å². The summed E-state index contributed by atoms with van der Waals surface area (Å²) in [5.74, 6) is 4.96. The minimum Gasteiger partial charge on any atom is -0.480 e. The second-order valence-corrected chi connectivity index (χ2v) is 20.4. The number of H-pyrrole nitrogens is 1. The fraction of sp³-hybridized carbons (Fsp3) is 0.136. The van der Waals surface area contributed by atoms with Crippen molar-refractivity contribution in [3.8, 4) is 38.4 Å². The minimum atomic E-state index is -0.505. The number of esters is 1. The molecule has 5 heterocycles. The predicted octanol–water partition coefficient (Wildman–Crippen LogP) is 14.5. The molecule has 0 saturated carbocycles. The summed E-state index contributed by atoms with van der Waals surface area (Å²) >= 11 is 32.8. The number of rotatable bonds is 9. The topological polar surface area (TPSA) is 166 Å². The number of benzene rings is 3. The third kappa shape index (κ3) is 17.4. The van der Waals surface area contributed by atoms with Gasteiger partial charge in [0.05, 0.1) is 83.7 Å². The Morgan fingerprint density at radius 1 is 0.727 bits per heavy atom. The van der Waals surface area contributed by atoms with Crippen molar-refractivity contribution < 1.29 is 24.2 Å². The molecular formula is C44H45Br3Cl4N6O6S3. The van der Waals surface area contributed by atoms with Crippen molar-refractivity contribution in [1.29, 1.82) is 0 Å². The SMILES string of the molecule is C.C.CO.COC(=O)CC(=O)c1ccc(Br)s1.COc1cc(-c2ccc(Br)s2)n(-c2ccccc2Cl)n1.Cl.NNc1ccccc1Cl.O=c1cc(-c2ccc(Br)s2)n(-c2ccccc2Cl)[nH]1. The maximum absolute atomic E-state index is 11.6. The highest BCUT2D eigenvalue weighted by atomic mass is 79.9. The molecule has 354 valence electrons. The number of methoxy groups -OCH3 is 2. The molecule has 0 aliphatic heterocycles. The van der Waals surface area contributed by atoms with Crippen LogP contribution in [0.4, 0.5) is 5.69 Å². The highest BCUT2D eigenvalue weighted by Crippen LogP contribution is 2.36. The van der Waals surface area contributed by atoms with Gasteiger partial charge < -0.3 is 20.0 Å². The first-order valence-corrected chi connectivity index (χ1v) is 23.8. The van der Waals surface area contributed by atoms with Gasteiger partial charge in [-0.25, -0.2) is 4.68 Å². The van der Waals surface area contributed by atoms with Crippen LogP contribution in [0.2, 0.25) is 15.1 Å². The van der Waals surface area contributed by atoms with Gasteiger partial charge in [0.1, 0.15) is 6.42 Å². The molecule has 3 aromatic carbocycles. The van der Waals surface area contributed by atoms with Gasteiger partial charge in [0.25, 0.3) is 5.56 Å². The van der Waals surface area contributed by atoms with Gasteiger partial charge in [-0.1, -0.05) is 86.1 Å². The number of ether oxygens (including phenoxy) is 2. The van der Waals surface area contributed by atoms with Crippen molar-refractivity contribution in [3.05, 3.63) is 163 Å². The number of ketones is 1. The summed E-state index contributed by atoms with van der Waals surface area (Å²) in [4.78, 5) is 36.4. The second kappa shape index (κ2) is 30.6. The van der Waals surface area contributed by atoms with Gasteiger partial charge in [-0.2, -0.15) is 0 Å². The molecule has 0 amide bonds. The third-order valence-electron chi connectivity index (χ3n) is 7.86. The summed E-state index contributed by atoms with van der Waals surface area (Å²) in [5.41, 5.74) is 6.39. The highest BCUT2D eigenvalue weighted by molar-refractivity contribution is 9.11. The van der Waals surface area contributed by atoms with Gasteiger partial charge in [-0.05, 0) is 121 Å². The fourth-order valence-electron chi connectivity index (χ4n) is 5.07. The molecule has 8 aromatic rings. The number of aromatic nitrogens is 4. The van der Waals surface area contributed by atoms with E-state index >= 15 is 0 Å². The minimum absolute atomic E-state index is 0. The molecule has 0 aliphatic rings. The Bertz CT molecular complexity index is 2790. The molecule has 5 aromatic heterocycles. The molecule has 0 spiro atoms. The number of hydrogen-bond acceptors (Lipinski definition) is 12. The average Bonchev–Trinajstić information content (AvgIpc) is 4.15. The Hall–Kier alpha value is -3.76. The van der Waals surface area contributed by atoms with Crippen molar-refractivity contribution in [1.82, 2.24) is 19.6 Å². The Morgan fingerprint density at radius 2 is 1.23 bits per heavy atom. The molecule has 0 aliphatic carbocycles. The molecule has 12 nitrogen and oxygen atoms in total. The summed E-state index contributed by atoms with van der Waals surface area (Å²) in [6, 6.07) is 37.2. The number of nitrogens with one attached hydrogen (secondary N) is 2. The number of nitrogens with zero attached hydrogens (tertiary/aromatic N) is 3. The maximum Gasteiger partial charge on any atom is 0.313 e. The van der Waals surface area contributed by atoms with E-state index in [0.717, 1.165) is 56.7 Å². The lowest BCUT2D eigenvalue weighted by atomic mass is 10.2. The van der Waals surface area contributed by atoms with E-state index in [1.807, 2.05) is 91.0 Å². The van der Waals surface area contributed by atoms with E-state index in [1.165, 1.54) is 18.4 Å². The van der Waals surface area contributed by atoms with Crippen LogP contribution in [0.5, 0.6) is 5.88 Å². The molecule has 0 radical (unpaired) electrons. The van der Waals surface area contributed by atoms with E-state index in [-0.39, 0.29) is 45.0 Å². The van der Waals surface area contributed by atoms with Crippen LogP contribution in [-0.2, 0) is 9.53 Å². The maximum atomic E-state index is 11.6. The van der Waals surface area contributed by atoms with Crippen molar-refractivity contribution in [2.75, 3.05) is 26.8 Å². The number of anilines is 1. The molecule has 22 heteroatoms. The number of aliphatic hydroxyl groups is 1. The number of nitrogen functional groups attached to an aromatic ring is 1. The number of hydrazine groups is 1. The van der Waals surface area contributed by atoms with Gasteiger partial charge >= 0.3 is 5.97 Å². The first-order valence-electron chi connectivity index (χ1n) is 17.8. The number of hydrogen-bond donors (Lipinski definition) is 4. The first-order chi connectivity index (χ1) is 30.3. The number of aromatic amines is 1. The Morgan fingerprint density at radius 3 is 1.68 bits per heavy atom. The smallest absolute Gasteiger partial charge is 0.313 e. The standard InChI is InChI=1S/C14H10BrClN2OS.C13H8BrClN2OS.C8H7BrO3S.C6H7ClN2.CH4O.2CH4.ClH/c1-19-14-8-11(12-6-7-13(15)20-12)18(17-14)10-5-3-2-4-9(10)16;14-12-6-5-11(19-12)10-7-13(18)16-17(10)9-4-2-1-3-8(9)15;1-12-8(11)4-5(10)6-2-3-7(9)13-6;7-5-3-1-2-4-6(5)9-8;1-2;;;/h2-8H,1H3;1-7H,(H,16,18);2-3H,4H2,1H3;1-4,9H,8H2;2H,1H3;2*1H4;1H. The first kappa shape index (κ1) is 60.3. The molecule has 0 unspecified atom stereocenters. The summed E-state index contributed by atoms with van der Waals surface area (Å²) < 4.78 is 16.1. The molecule has 0 saturated heterocycles. The number of aliphatic hydroxyl groups excluding tert-OH is 1. The Balaban J connectivity index is 0.000000443. The predicted molar refractivity (Wildman–Crippen MR) is 290 cm³/mol. The van der Waals surface area contributed by atoms with E-state index in [0.29, 0.717) is 25.8 Å². The zero-order chi connectivity index (χ0) is 46.1. The lowest BCUT2D eigenvalue weighted by molar-refractivity contribution is -0.139. The van der Waals surface area contributed by atoms with Crippen LogP contribution < -0.4 is 21.6 Å². The van der Waals surface area contributed by atoms with Crippen molar-refractivity contribution in [3.63, 3.8) is 0 Å². The van der Waals surface area contributed by atoms with E-state index < -0.39 is 5.97 Å². The molecule has 0 fully saturated rings. The Labute approximate surface area is 441 Å². The van der Waals surface area contributed by atoms with Gasteiger partial charge in [0.2, 0.25) is 5.88 Å². The van der Waals surface area contributed by atoms with E-state index in [1.54, 1.807) is 69.5 Å². The molecule has 66 heavy (non-hydrogen) atoms. The third-order valence-corrected chi connectivity index (χ3v) is 13.8. The Kier molecular flexibility index (Phi) is 27.9. The van der Waals surface area contributed by atoms with Gasteiger partial charge in [-0.3, -0.25) is 30.0 Å². The van der Waals surface area contributed by atoms with E-state index in [9.17, 15) is 14.4 Å². The number of thiophene rings is 3. The van der Waals surface area contributed by atoms with Crippen LogP contribution >= 0.6 is 129 Å².